The molecule has 0 atom stereocenters. The van der Waals surface area contributed by atoms with Crippen molar-refractivity contribution in [3.8, 4) is 5.75 Å². The molecule has 0 aliphatic carbocycles. The SMILES string of the molecule is CC(C)Oc1ccc(C(=O)N(Cc2cccnc2)c2nc3ccc(S(C)(=O)=O)cc3s2)cc1. The summed E-state index contributed by atoms with van der Waals surface area (Å²) in [7, 11) is -3.35. The van der Waals surface area contributed by atoms with E-state index in [-0.39, 0.29) is 23.5 Å². The lowest BCUT2D eigenvalue weighted by Crippen LogP contribution is -2.30. The van der Waals surface area contributed by atoms with E-state index in [4.69, 9.17) is 4.74 Å². The van der Waals surface area contributed by atoms with Crippen LogP contribution in [0.3, 0.4) is 0 Å². The largest absolute Gasteiger partial charge is 0.491 e. The van der Waals surface area contributed by atoms with Crippen molar-refractivity contribution in [1.82, 2.24) is 9.97 Å². The fraction of sp³-hybridized carbons (Fsp3) is 0.208. The third-order valence-corrected chi connectivity index (χ3v) is 6.94. The molecule has 0 radical (unpaired) electrons. The summed E-state index contributed by atoms with van der Waals surface area (Å²) in [5.41, 5.74) is 1.97. The highest BCUT2D eigenvalue weighted by Crippen LogP contribution is 2.32. The van der Waals surface area contributed by atoms with Gasteiger partial charge in [-0.15, -0.1) is 0 Å². The predicted octanol–water partition coefficient (Wildman–Crippen LogP) is 4.73. The molecule has 2 aromatic carbocycles. The lowest BCUT2D eigenvalue weighted by Gasteiger charge is -2.20. The lowest BCUT2D eigenvalue weighted by atomic mass is 10.1. The van der Waals surface area contributed by atoms with Crippen LogP contribution < -0.4 is 9.64 Å². The van der Waals surface area contributed by atoms with Crippen LogP contribution >= 0.6 is 11.3 Å². The second-order valence-corrected chi connectivity index (χ2v) is 10.9. The van der Waals surface area contributed by atoms with E-state index >= 15 is 0 Å². The normalized spacial score (nSPS) is 11.6. The van der Waals surface area contributed by atoms with Crippen LogP contribution in [0.1, 0.15) is 29.8 Å². The van der Waals surface area contributed by atoms with E-state index in [1.165, 1.54) is 23.7 Å². The minimum Gasteiger partial charge on any atom is -0.491 e. The summed E-state index contributed by atoms with van der Waals surface area (Å²) in [6, 6.07) is 15.5. The van der Waals surface area contributed by atoms with Crippen LogP contribution in [0.15, 0.2) is 71.9 Å². The third-order valence-electron chi connectivity index (χ3n) is 4.79. The summed E-state index contributed by atoms with van der Waals surface area (Å²) in [4.78, 5) is 24.1. The summed E-state index contributed by atoms with van der Waals surface area (Å²) < 4.78 is 30.3. The number of hydrogen-bond donors (Lipinski definition) is 0. The monoisotopic (exact) mass is 481 g/mol. The number of nitrogens with zero attached hydrogens (tertiary/aromatic N) is 3. The van der Waals surface area contributed by atoms with Gasteiger partial charge in [0.25, 0.3) is 5.91 Å². The molecule has 9 heteroatoms. The summed E-state index contributed by atoms with van der Waals surface area (Å²) in [6.07, 6.45) is 4.58. The Kier molecular flexibility index (Phi) is 6.44. The van der Waals surface area contributed by atoms with Gasteiger partial charge in [-0.2, -0.15) is 0 Å². The number of carbonyl (C=O) groups is 1. The maximum atomic E-state index is 13.5. The molecule has 0 aliphatic rings. The fourth-order valence-electron chi connectivity index (χ4n) is 3.24. The van der Waals surface area contributed by atoms with Gasteiger partial charge < -0.3 is 4.74 Å². The van der Waals surface area contributed by atoms with E-state index < -0.39 is 9.84 Å². The minimum absolute atomic E-state index is 0.0354. The molecule has 0 fully saturated rings. The van der Waals surface area contributed by atoms with Gasteiger partial charge >= 0.3 is 0 Å². The summed E-state index contributed by atoms with van der Waals surface area (Å²) in [5, 5.41) is 0.479. The first-order chi connectivity index (χ1) is 15.7. The number of carbonyl (C=O) groups excluding carboxylic acids is 1. The fourth-order valence-corrected chi connectivity index (χ4v) is 4.97. The van der Waals surface area contributed by atoms with Gasteiger partial charge in [-0.05, 0) is 67.9 Å². The number of thiazole rings is 1. The topological polar surface area (TPSA) is 89.5 Å². The van der Waals surface area contributed by atoms with Crippen LogP contribution in [0.25, 0.3) is 10.2 Å². The Balaban J connectivity index is 1.72. The third kappa shape index (κ3) is 5.37. The quantitative estimate of drug-likeness (QED) is 0.379. The Morgan fingerprint density at radius 3 is 2.52 bits per heavy atom. The van der Waals surface area contributed by atoms with Crippen molar-refractivity contribution in [3.05, 3.63) is 78.1 Å². The van der Waals surface area contributed by atoms with Gasteiger partial charge in [0.15, 0.2) is 15.0 Å². The smallest absolute Gasteiger partial charge is 0.260 e. The number of hydrogen-bond acceptors (Lipinski definition) is 7. The first-order valence-electron chi connectivity index (χ1n) is 10.3. The molecule has 1 amide bonds. The molecule has 0 saturated heterocycles. The van der Waals surface area contributed by atoms with E-state index in [0.29, 0.717) is 26.7 Å². The van der Waals surface area contributed by atoms with E-state index in [1.807, 2.05) is 26.0 Å². The van der Waals surface area contributed by atoms with E-state index in [2.05, 4.69) is 9.97 Å². The van der Waals surface area contributed by atoms with Gasteiger partial charge in [0.05, 0.1) is 27.8 Å². The number of sulfone groups is 1. The van der Waals surface area contributed by atoms with Gasteiger partial charge in [0.2, 0.25) is 0 Å². The lowest BCUT2D eigenvalue weighted by molar-refractivity contribution is 0.0985. The Morgan fingerprint density at radius 1 is 1.12 bits per heavy atom. The molecule has 7 nitrogen and oxygen atoms in total. The molecule has 4 aromatic rings. The molecule has 2 aromatic heterocycles. The molecule has 33 heavy (non-hydrogen) atoms. The van der Waals surface area contributed by atoms with Crippen LogP contribution in [-0.2, 0) is 16.4 Å². The molecule has 0 unspecified atom stereocenters. The first kappa shape index (κ1) is 22.9. The van der Waals surface area contributed by atoms with Crippen molar-refractivity contribution in [2.45, 2.75) is 31.4 Å². The Bertz CT molecular complexity index is 1380. The second kappa shape index (κ2) is 9.29. The Hall–Kier alpha value is -3.30. The van der Waals surface area contributed by atoms with Crippen LogP contribution in [0.5, 0.6) is 5.75 Å². The predicted molar refractivity (Wildman–Crippen MR) is 130 cm³/mol. The van der Waals surface area contributed by atoms with Crippen molar-refractivity contribution in [2.75, 3.05) is 11.2 Å². The van der Waals surface area contributed by atoms with Crippen LogP contribution in [0, 0.1) is 0 Å². The van der Waals surface area contributed by atoms with Gasteiger partial charge in [-0.3, -0.25) is 14.7 Å². The highest BCUT2D eigenvalue weighted by atomic mass is 32.2. The standard InChI is InChI=1S/C24H23N3O4S2/c1-16(2)31-19-8-6-18(7-9-19)23(28)27(15-17-5-4-12-25-14-17)24-26-21-11-10-20(33(3,29)30)13-22(21)32-24/h4-14,16H,15H2,1-3H3. The molecule has 170 valence electrons. The number of ether oxygens (including phenoxy) is 1. The van der Waals surface area contributed by atoms with Crippen LogP contribution in [-0.4, -0.2) is 36.7 Å². The van der Waals surface area contributed by atoms with E-state index in [9.17, 15) is 13.2 Å². The summed E-state index contributed by atoms with van der Waals surface area (Å²) in [6.45, 7) is 4.16. The van der Waals surface area contributed by atoms with E-state index in [0.717, 1.165) is 5.56 Å². The van der Waals surface area contributed by atoms with Crippen LogP contribution in [0.2, 0.25) is 0 Å². The Morgan fingerprint density at radius 2 is 1.88 bits per heavy atom. The van der Waals surface area contributed by atoms with Crippen molar-refractivity contribution >= 4 is 42.4 Å². The number of anilines is 1. The zero-order chi connectivity index (χ0) is 23.6. The van der Waals surface area contributed by atoms with Crippen molar-refractivity contribution in [3.63, 3.8) is 0 Å². The molecule has 0 saturated carbocycles. The Labute approximate surface area is 196 Å². The minimum atomic E-state index is -3.35. The maximum Gasteiger partial charge on any atom is 0.260 e. The molecule has 0 N–H and O–H groups in total. The summed E-state index contributed by atoms with van der Waals surface area (Å²) >= 11 is 1.27. The van der Waals surface area contributed by atoms with Crippen molar-refractivity contribution < 1.29 is 17.9 Å². The average molecular weight is 482 g/mol. The highest BCUT2D eigenvalue weighted by molar-refractivity contribution is 7.90. The van der Waals surface area contributed by atoms with E-state index in [1.54, 1.807) is 53.7 Å². The molecular formula is C24H23N3O4S2. The maximum absolute atomic E-state index is 13.5. The number of amides is 1. The average Bonchev–Trinajstić information content (AvgIpc) is 3.20. The molecule has 2 heterocycles. The molecule has 0 bridgehead atoms. The number of aromatic nitrogens is 2. The highest BCUT2D eigenvalue weighted by Gasteiger charge is 2.22. The van der Waals surface area contributed by atoms with Gasteiger partial charge in [0, 0.05) is 24.2 Å². The van der Waals surface area contributed by atoms with Crippen molar-refractivity contribution in [2.24, 2.45) is 0 Å². The number of benzene rings is 2. The molecule has 4 rings (SSSR count). The number of fused-ring (bicyclic) bond motifs is 1. The zero-order valence-corrected chi connectivity index (χ0v) is 20.1. The van der Waals surface area contributed by atoms with Crippen LogP contribution in [0.4, 0.5) is 5.13 Å². The van der Waals surface area contributed by atoms with Gasteiger partial charge in [0.1, 0.15) is 5.75 Å². The number of pyridine rings is 1. The molecular weight excluding hydrogens is 458 g/mol. The van der Waals surface area contributed by atoms with Crippen molar-refractivity contribution in [1.29, 1.82) is 0 Å². The number of rotatable bonds is 7. The molecule has 0 spiro atoms. The first-order valence-corrected chi connectivity index (χ1v) is 13.0. The second-order valence-electron chi connectivity index (χ2n) is 7.84. The van der Waals surface area contributed by atoms with Gasteiger partial charge in [-0.25, -0.2) is 13.4 Å². The zero-order valence-electron chi connectivity index (χ0n) is 18.4. The molecule has 0 aliphatic heterocycles. The summed E-state index contributed by atoms with van der Waals surface area (Å²) in [5.74, 6) is 0.464. The van der Waals surface area contributed by atoms with Gasteiger partial charge in [-0.1, -0.05) is 17.4 Å².